The molecule has 1 N–H and O–H groups in total. The highest BCUT2D eigenvalue weighted by Crippen LogP contribution is 2.22. The molecule has 0 spiro atoms. The summed E-state index contributed by atoms with van der Waals surface area (Å²) >= 11 is 0. The monoisotopic (exact) mass is 284 g/mol. The van der Waals surface area contributed by atoms with E-state index in [1.807, 2.05) is 21.0 Å². The topological polar surface area (TPSA) is 15.3 Å². The molecule has 2 nitrogen and oxygen atoms in total. The van der Waals surface area contributed by atoms with Crippen LogP contribution in [0.3, 0.4) is 0 Å². The molecule has 1 aromatic carbocycles. The van der Waals surface area contributed by atoms with E-state index >= 15 is 0 Å². The van der Waals surface area contributed by atoms with Crippen molar-refractivity contribution in [2.45, 2.75) is 33.7 Å². The quantitative estimate of drug-likeness (QED) is 0.860. The summed E-state index contributed by atoms with van der Waals surface area (Å²) in [7, 11) is 4.06. The van der Waals surface area contributed by atoms with E-state index in [4.69, 9.17) is 0 Å². The van der Waals surface area contributed by atoms with Gasteiger partial charge < -0.3 is 10.2 Å². The molecule has 4 heteroatoms. The number of rotatable bonds is 6. The van der Waals surface area contributed by atoms with Gasteiger partial charge in [0.15, 0.2) is 0 Å². The standard InChI is InChI=1S/C16H26F2N2/c1-11-7-15(18)13(8-14(11)17)12(2)19-9-16(3,4)10-20(5)6/h7-8,12,19H,9-10H2,1-6H3. The van der Waals surface area contributed by atoms with Crippen LogP contribution in [0.4, 0.5) is 8.78 Å². The maximum atomic E-state index is 13.9. The molecular formula is C16H26F2N2. The first kappa shape index (κ1) is 17.1. The van der Waals surface area contributed by atoms with Crippen molar-refractivity contribution in [3.8, 4) is 0 Å². The Balaban J connectivity index is 2.72. The van der Waals surface area contributed by atoms with Gasteiger partial charge in [0.25, 0.3) is 0 Å². The van der Waals surface area contributed by atoms with Gasteiger partial charge in [0.05, 0.1) is 0 Å². The zero-order valence-electron chi connectivity index (χ0n) is 13.3. The summed E-state index contributed by atoms with van der Waals surface area (Å²) in [5, 5.41) is 3.30. The SMILES string of the molecule is Cc1cc(F)c(C(C)NCC(C)(C)CN(C)C)cc1F. The number of benzene rings is 1. The number of hydrogen-bond donors (Lipinski definition) is 1. The van der Waals surface area contributed by atoms with Crippen LogP contribution in [0.15, 0.2) is 12.1 Å². The van der Waals surface area contributed by atoms with Gasteiger partial charge in [0.2, 0.25) is 0 Å². The van der Waals surface area contributed by atoms with Gasteiger partial charge in [-0.25, -0.2) is 8.78 Å². The fourth-order valence-electron chi connectivity index (χ4n) is 2.44. The van der Waals surface area contributed by atoms with E-state index in [9.17, 15) is 8.78 Å². The van der Waals surface area contributed by atoms with Gasteiger partial charge in [-0.05, 0) is 51.1 Å². The third kappa shape index (κ3) is 4.84. The second-order valence-electron chi connectivity index (χ2n) is 6.63. The number of hydrogen-bond acceptors (Lipinski definition) is 2. The van der Waals surface area contributed by atoms with Crippen molar-refractivity contribution in [3.05, 3.63) is 34.9 Å². The lowest BCUT2D eigenvalue weighted by molar-refractivity contribution is 0.226. The Morgan fingerprint density at radius 1 is 1.20 bits per heavy atom. The fraction of sp³-hybridized carbons (Fsp3) is 0.625. The molecule has 0 aliphatic rings. The summed E-state index contributed by atoms with van der Waals surface area (Å²) in [6.07, 6.45) is 0. The molecule has 0 aromatic heterocycles. The summed E-state index contributed by atoms with van der Waals surface area (Å²) in [4.78, 5) is 2.12. The third-order valence-corrected chi connectivity index (χ3v) is 3.38. The molecule has 0 bridgehead atoms. The van der Waals surface area contributed by atoms with Crippen LogP contribution in [0.1, 0.15) is 37.9 Å². The van der Waals surface area contributed by atoms with E-state index in [2.05, 4.69) is 24.1 Å². The van der Waals surface area contributed by atoms with Crippen molar-refractivity contribution in [1.82, 2.24) is 10.2 Å². The first-order chi connectivity index (χ1) is 9.12. The predicted molar refractivity (Wildman–Crippen MR) is 79.8 cm³/mol. The van der Waals surface area contributed by atoms with Crippen LogP contribution >= 0.6 is 0 Å². The molecule has 0 amide bonds. The van der Waals surface area contributed by atoms with Crippen molar-refractivity contribution in [2.24, 2.45) is 5.41 Å². The van der Waals surface area contributed by atoms with Gasteiger partial charge in [0.1, 0.15) is 11.6 Å². The fourth-order valence-corrected chi connectivity index (χ4v) is 2.44. The first-order valence-corrected chi connectivity index (χ1v) is 6.96. The lowest BCUT2D eigenvalue weighted by Gasteiger charge is -2.30. The van der Waals surface area contributed by atoms with Crippen LogP contribution in [0.5, 0.6) is 0 Å². The maximum absolute atomic E-state index is 13.9. The summed E-state index contributed by atoms with van der Waals surface area (Å²) in [6, 6.07) is 2.33. The van der Waals surface area contributed by atoms with Crippen LogP contribution < -0.4 is 5.32 Å². The number of nitrogens with one attached hydrogen (secondary N) is 1. The van der Waals surface area contributed by atoms with Gasteiger partial charge in [-0.3, -0.25) is 0 Å². The van der Waals surface area contributed by atoms with Gasteiger partial charge in [-0.2, -0.15) is 0 Å². The highest BCUT2D eigenvalue weighted by atomic mass is 19.1. The van der Waals surface area contributed by atoms with E-state index in [0.717, 1.165) is 13.1 Å². The molecule has 1 unspecified atom stereocenters. The Kier molecular flexibility index (Phi) is 5.66. The number of aryl methyl sites for hydroxylation is 1. The molecule has 1 atom stereocenters. The van der Waals surface area contributed by atoms with Crippen molar-refractivity contribution in [3.63, 3.8) is 0 Å². The maximum Gasteiger partial charge on any atom is 0.128 e. The molecule has 0 radical (unpaired) electrons. The van der Waals surface area contributed by atoms with Crippen LogP contribution in [-0.4, -0.2) is 32.1 Å². The number of nitrogens with zero attached hydrogens (tertiary/aromatic N) is 1. The largest absolute Gasteiger partial charge is 0.310 e. The molecule has 1 aromatic rings. The Bertz CT molecular complexity index is 456. The normalized spacial score (nSPS) is 13.8. The van der Waals surface area contributed by atoms with Crippen molar-refractivity contribution in [1.29, 1.82) is 0 Å². The van der Waals surface area contributed by atoms with Crippen molar-refractivity contribution in [2.75, 3.05) is 27.2 Å². The average molecular weight is 284 g/mol. The molecule has 0 fully saturated rings. The highest BCUT2D eigenvalue weighted by molar-refractivity contribution is 5.27. The molecule has 114 valence electrons. The van der Waals surface area contributed by atoms with Crippen molar-refractivity contribution >= 4 is 0 Å². The molecule has 20 heavy (non-hydrogen) atoms. The highest BCUT2D eigenvalue weighted by Gasteiger charge is 2.21. The van der Waals surface area contributed by atoms with E-state index in [1.165, 1.54) is 12.1 Å². The zero-order chi connectivity index (χ0) is 15.5. The summed E-state index contributed by atoms with van der Waals surface area (Å²) in [5.74, 6) is -0.711. The minimum Gasteiger partial charge on any atom is -0.310 e. The predicted octanol–water partition coefficient (Wildman–Crippen LogP) is 3.51. The second-order valence-corrected chi connectivity index (χ2v) is 6.63. The van der Waals surface area contributed by atoms with E-state index in [1.54, 1.807) is 6.92 Å². The van der Waals surface area contributed by atoms with E-state index in [-0.39, 0.29) is 23.1 Å². The molecule has 0 heterocycles. The lowest BCUT2D eigenvalue weighted by Crippen LogP contribution is -2.38. The Morgan fingerprint density at radius 2 is 1.80 bits per heavy atom. The summed E-state index contributed by atoms with van der Waals surface area (Å²) in [5.41, 5.74) is 0.789. The van der Waals surface area contributed by atoms with E-state index in [0.29, 0.717) is 11.1 Å². The van der Waals surface area contributed by atoms with Crippen LogP contribution in [-0.2, 0) is 0 Å². The van der Waals surface area contributed by atoms with Gasteiger partial charge in [-0.15, -0.1) is 0 Å². The minimum atomic E-state index is -0.359. The van der Waals surface area contributed by atoms with Crippen LogP contribution in [0.25, 0.3) is 0 Å². The van der Waals surface area contributed by atoms with Gasteiger partial charge in [0, 0.05) is 24.7 Å². The molecule has 0 aliphatic carbocycles. The average Bonchev–Trinajstić information content (AvgIpc) is 2.29. The van der Waals surface area contributed by atoms with Crippen LogP contribution in [0, 0.1) is 24.0 Å². The minimum absolute atomic E-state index is 0.0669. The zero-order valence-corrected chi connectivity index (χ0v) is 13.3. The van der Waals surface area contributed by atoms with Gasteiger partial charge >= 0.3 is 0 Å². The lowest BCUT2D eigenvalue weighted by atomic mass is 9.92. The van der Waals surface area contributed by atoms with Gasteiger partial charge in [-0.1, -0.05) is 13.8 Å². The summed E-state index contributed by atoms with van der Waals surface area (Å²) in [6.45, 7) is 9.40. The first-order valence-electron chi connectivity index (χ1n) is 6.96. The Labute approximate surface area is 121 Å². The summed E-state index contributed by atoms with van der Waals surface area (Å²) < 4.78 is 27.5. The Hall–Kier alpha value is -1.00. The number of halogens is 2. The smallest absolute Gasteiger partial charge is 0.128 e. The van der Waals surface area contributed by atoms with Crippen LogP contribution in [0.2, 0.25) is 0 Å². The van der Waals surface area contributed by atoms with E-state index < -0.39 is 0 Å². The molecular weight excluding hydrogens is 258 g/mol. The Morgan fingerprint density at radius 3 is 2.35 bits per heavy atom. The molecule has 1 rings (SSSR count). The molecule has 0 aliphatic heterocycles. The second kappa shape index (κ2) is 6.64. The van der Waals surface area contributed by atoms with Crippen molar-refractivity contribution < 1.29 is 8.78 Å². The third-order valence-electron chi connectivity index (χ3n) is 3.38. The molecule has 0 saturated carbocycles. The molecule has 0 saturated heterocycles.